The van der Waals surface area contributed by atoms with Crippen LogP contribution in [0.25, 0.3) is 0 Å². The van der Waals surface area contributed by atoms with Crippen molar-refractivity contribution in [2.24, 2.45) is 17.8 Å². The summed E-state index contributed by atoms with van der Waals surface area (Å²) < 4.78 is 16.0. The van der Waals surface area contributed by atoms with Crippen molar-refractivity contribution in [2.75, 3.05) is 6.61 Å². The van der Waals surface area contributed by atoms with E-state index in [0.29, 0.717) is 18.4 Å². The summed E-state index contributed by atoms with van der Waals surface area (Å²) in [6.07, 6.45) is -1.32. The number of aliphatic hydroxyl groups excluding tert-OH is 1. The summed E-state index contributed by atoms with van der Waals surface area (Å²) in [5.41, 5.74) is 1.59. The summed E-state index contributed by atoms with van der Waals surface area (Å²) in [5, 5.41) is 10.2. The molecule has 7 nitrogen and oxygen atoms in total. The molecule has 3 aliphatic rings. The third-order valence-electron chi connectivity index (χ3n) is 5.77. The van der Waals surface area contributed by atoms with Gasteiger partial charge in [0.1, 0.15) is 18.8 Å². The monoisotopic (exact) mass is 388 g/mol. The van der Waals surface area contributed by atoms with E-state index in [0.717, 1.165) is 5.57 Å². The van der Waals surface area contributed by atoms with Gasteiger partial charge in [0.05, 0.1) is 17.6 Å². The minimum Gasteiger partial charge on any atom is -0.461 e. The maximum atomic E-state index is 12.4. The average molecular weight is 388 g/mol. The Morgan fingerprint density at radius 1 is 1.25 bits per heavy atom. The van der Waals surface area contributed by atoms with Crippen LogP contribution in [0.4, 0.5) is 0 Å². The Morgan fingerprint density at radius 2 is 1.93 bits per heavy atom. The number of ether oxygens (including phenoxy) is 3. The number of hydrogen-bond donors (Lipinski definition) is 1. The van der Waals surface area contributed by atoms with Crippen LogP contribution in [0.3, 0.4) is 0 Å². The minimum absolute atomic E-state index is 0.0162. The zero-order valence-electron chi connectivity index (χ0n) is 15.8. The highest BCUT2D eigenvalue weighted by molar-refractivity contribution is 5.92. The van der Waals surface area contributed by atoms with Crippen LogP contribution >= 0.6 is 0 Å². The maximum Gasteiger partial charge on any atom is 0.337 e. The molecule has 0 aromatic carbocycles. The molecule has 0 aromatic heterocycles. The van der Waals surface area contributed by atoms with Gasteiger partial charge in [0, 0.05) is 24.8 Å². The van der Waals surface area contributed by atoms with Crippen LogP contribution in [0, 0.1) is 17.8 Å². The van der Waals surface area contributed by atoms with Gasteiger partial charge in [-0.15, -0.1) is 0 Å². The molecule has 1 heterocycles. The Morgan fingerprint density at radius 3 is 2.57 bits per heavy atom. The molecule has 1 saturated heterocycles. The van der Waals surface area contributed by atoms with Gasteiger partial charge in [-0.3, -0.25) is 4.79 Å². The molecule has 0 radical (unpaired) electrons. The van der Waals surface area contributed by atoms with E-state index < -0.39 is 42.1 Å². The first-order valence-corrected chi connectivity index (χ1v) is 9.08. The third-order valence-corrected chi connectivity index (χ3v) is 5.77. The molecule has 0 amide bonds. The zero-order chi connectivity index (χ0) is 20.7. The third kappa shape index (κ3) is 3.42. The SMILES string of the molecule is C=C(COC(C)=O)C(=O)O[C@H]1CC(=C)[C@@H]2C[C@H](O)C(=C)[C@@H]2[C@H]2OC(=O)C(=C)[C@@H]21. The molecule has 7 heteroatoms. The molecule has 150 valence electrons. The summed E-state index contributed by atoms with van der Waals surface area (Å²) in [6, 6.07) is 0. The predicted octanol–water partition coefficient (Wildman–Crippen LogP) is 1.63. The number of fused-ring (bicyclic) bond motifs is 3. The normalized spacial score (nSPS) is 34.2. The highest BCUT2D eigenvalue weighted by Crippen LogP contribution is 2.52. The number of esters is 3. The fourth-order valence-electron chi connectivity index (χ4n) is 4.34. The van der Waals surface area contributed by atoms with Crippen molar-refractivity contribution in [3.05, 3.63) is 48.6 Å². The van der Waals surface area contributed by atoms with Crippen LogP contribution < -0.4 is 0 Å². The van der Waals surface area contributed by atoms with Crippen molar-refractivity contribution >= 4 is 17.9 Å². The molecule has 3 fully saturated rings. The smallest absolute Gasteiger partial charge is 0.337 e. The van der Waals surface area contributed by atoms with Crippen molar-refractivity contribution in [3.8, 4) is 0 Å². The zero-order valence-corrected chi connectivity index (χ0v) is 15.8. The van der Waals surface area contributed by atoms with Gasteiger partial charge in [0.15, 0.2) is 0 Å². The fraction of sp³-hybridized carbons (Fsp3) is 0.476. The number of carbonyl (C=O) groups is 3. The Kier molecular flexibility index (Phi) is 5.30. The van der Waals surface area contributed by atoms with Gasteiger partial charge in [0.2, 0.25) is 0 Å². The van der Waals surface area contributed by atoms with Crippen LogP contribution in [-0.2, 0) is 28.6 Å². The van der Waals surface area contributed by atoms with E-state index in [2.05, 4.69) is 26.3 Å². The van der Waals surface area contributed by atoms with Crippen molar-refractivity contribution in [3.63, 3.8) is 0 Å². The Hall–Kier alpha value is -2.67. The molecule has 2 aliphatic carbocycles. The van der Waals surface area contributed by atoms with Gasteiger partial charge >= 0.3 is 17.9 Å². The van der Waals surface area contributed by atoms with E-state index >= 15 is 0 Å². The lowest BCUT2D eigenvalue weighted by molar-refractivity contribution is -0.149. The fourth-order valence-corrected chi connectivity index (χ4v) is 4.34. The van der Waals surface area contributed by atoms with Crippen molar-refractivity contribution in [1.29, 1.82) is 0 Å². The first-order valence-electron chi connectivity index (χ1n) is 9.08. The van der Waals surface area contributed by atoms with Gasteiger partial charge in [-0.05, 0) is 17.9 Å². The molecule has 28 heavy (non-hydrogen) atoms. The van der Waals surface area contributed by atoms with Gasteiger partial charge in [-0.2, -0.15) is 0 Å². The number of carbonyl (C=O) groups excluding carboxylic acids is 3. The molecule has 1 N–H and O–H groups in total. The molecule has 1 aliphatic heterocycles. The first kappa shape index (κ1) is 20.1. The Labute approximate surface area is 163 Å². The van der Waals surface area contributed by atoms with Crippen molar-refractivity contribution in [2.45, 2.75) is 38.1 Å². The Balaban J connectivity index is 1.85. The molecule has 0 spiro atoms. The minimum atomic E-state index is -0.728. The number of aliphatic hydroxyl groups is 1. The topological polar surface area (TPSA) is 99.1 Å². The average Bonchev–Trinajstić information content (AvgIpc) is 3.04. The second-order valence-corrected chi connectivity index (χ2v) is 7.57. The van der Waals surface area contributed by atoms with Gasteiger partial charge in [-0.1, -0.05) is 31.9 Å². The summed E-state index contributed by atoms with van der Waals surface area (Å²) in [5.74, 6) is -2.81. The van der Waals surface area contributed by atoms with E-state index in [1.807, 2.05) is 0 Å². The molecule has 0 bridgehead atoms. The molecular weight excluding hydrogens is 364 g/mol. The van der Waals surface area contributed by atoms with E-state index in [1.54, 1.807) is 0 Å². The summed E-state index contributed by atoms with van der Waals surface area (Å²) in [6.45, 7) is 16.5. The van der Waals surface area contributed by atoms with Crippen LogP contribution in [0.15, 0.2) is 48.6 Å². The van der Waals surface area contributed by atoms with Crippen molar-refractivity contribution in [1.82, 2.24) is 0 Å². The highest BCUT2D eigenvalue weighted by atomic mass is 16.6. The largest absolute Gasteiger partial charge is 0.461 e. The first-order chi connectivity index (χ1) is 13.1. The van der Waals surface area contributed by atoms with Crippen LogP contribution in [0.1, 0.15) is 19.8 Å². The number of hydrogen-bond acceptors (Lipinski definition) is 7. The molecule has 0 unspecified atom stereocenters. The van der Waals surface area contributed by atoms with Crippen LogP contribution in [0.2, 0.25) is 0 Å². The van der Waals surface area contributed by atoms with E-state index in [4.69, 9.17) is 14.2 Å². The standard InChI is InChI=1S/C21H24O7/c1-9-6-16(27-20(24)10(2)8-26-13(5)22)18-12(4)21(25)28-19(18)17-11(3)15(23)7-14(9)17/h14-19,23H,1-4,6-8H2,5H3/t14-,15-,16-,17-,18+,19+/m0/s1. The van der Waals surface area contributed by atoms with Crippen molar-refractivity contribution < 1.29 is 33.7 Å². The number of rotatable bonds is 4. The summed E-state index contributed by atoms with van der Waals surface area (Å²) >= 11 is 0. The van der Waals surface area contributed by atoms with Crippen LogP contribution in [-0.4, -0.2) is 47.9 Å². The lowest BCUT2D eigenvalue weighted by Crippen LogP contribution is -2.36. The second-order valence-electron chi connectivity index (χ2n) is 7.57. The Bertz CT molecular complexity index is 793. The maximum absolute atomic E-state index is 12.4. The molecule has 2 saturated carbocycles. The predicted molar refractivity (Wildman–Crippen MR) is 98.7 cm³/mol. The van der Waals surface area contributed by atoms with Gasteiger partial charge in [0.25, 0.3) is 0 Å². The lowest BCUT2D eigenvalue weighted by Gasteiger charge is -2.28. The highest BCUT2D eigenvalue weighted by Gasteiger charge is 2.56. The lowest BCUT2D eigenvalue weighted by atomic mass is 9.81. The molecule has 3 rings (SSSR count). The second kappa shape index (κ2) is 7.39. The van der Waals surface area contributed by atoms with Gasteiger partial charge < -0.3 is 19.3 Å². The van der Waals surface area contributed by atoms with E-state index in [9.17, 15) is 19.5 Å². The molecule has 0 aromatic rings. The quantitative estimate of drug-likeness (QED) is 0.338. The summed E-state index contributed by atoms with van der Waals surface area (Å²) in [4.78, 5) is 35.6. The van der Waals surface area contributed by atoms with E-state index in [-0.39, 0.29) is 29.6 Å². The van der Waals surface area contributed by atoms with Crippen LogP contribution in [0.5, 0.6) is 0 Å². The molecular formula is C21H24O7. The van der Waals surface area contributed by atoms with Gasteiger partial charge in [-0.25, -0.2) is 9.59 Å². The van der Waals surface area contributed by atoms with E-state index in [1.165, 1.54) is 6.92 Å². The summed E-state index contributed by atoms with van der Waals surface area (Å²) in [7, 11) is 0. The molecule has 6 atom stereocenters.